The van der Waals surface area contributed by atoms with Gasteiger partial charge in [0.15, 0.2) is 0 Å². The molecule has 0 spiro atoms. The molecule has 0 rings (SSSR count). The van der Waals surface area contributed by atoms with Crippen LogP contribution >= 0.6 is 0 Å². The van der Waals surface area contributed by atoms with Gasteiger partial charge in [-0.15, -0.1) is 5.28 Å². The highest BCUT2D eigenvalue weighted by Gasteiger charge is 1.89. The van der Waals surface area contributed by atoms with E-state index in [1.165, 1.54) is 43.8 Å². The number of rotatable bonds is 9. The highest BCUT2D eigenvalue weighted by molar-refractivity contribution is 6.08. The van der Waals surface area contributed by atoms with Crippen LogP contribution in [0.15, 0.2) is 0 Å². The Balaban J connectivity index is 2.73. The molecule has 12 heavy (non-hydrogen) atoms. The monoisotopic (exact) mass is 184 g/mol. The zero-order chi connectivity index (χ0) is 9.07. The van der Waals surface area contributed by atoms with Gasteiger partial charge in [-0.05, 0) is 13.3 Å². The minimum atomic E-state index is 0.868. The van der Waals surface area contributed by atoms with Crippen LogP contribution in [0.4, 0.5) is 0 Å². The fourth-order valence-electron chi connectivity index (χ4n) is 1.20. The fraction of sp³-hybridized carbons (Fsp3) is 1.00. The third-order valence-electron chi connectivity index (χ3n) is 1.95. The molecule has 0 heterocycles. The van der Waals surface area contributed by atoms with Gasteiger partial charge in [0.05, 0.1) is 0 Å². The molecule has 2 radical (unpaired) electrons. The highest BCUT2D eigenvalue weighted by atomic mass is 27.0. The second-order valence-corrected chi connectivity index (χ2v) is 3.68. The number of hydrogen-bond donors (Lipinski definition) is 0. The van der Waals surface area contributed by atoms with Gasteiger partial charge in [0.1, 0.15) is 16.3 Å². The van der Waals surface area contributed by atoms with E-state index in [9.17, 15) is 0 Å². The van der Waals surface area contributed by atoms with Crippen molar-refractivity contribution in [2.24, 2.45) is 0 Å². The Morgan fingerprint density at radius 1 is 0.917 bits per heavy atom. The SMILES string of the molecule is CCOCCCCCCC[CH2][Al]. The van der Waals surface area contributed by atoms with Gasteiger partial charge in [-0.3, -0.25) is 0 Å². The van der Waals surface area contributed by atoms with Crippen molar-refractivity contribution in [1.82, 2.24) is 0 Å². The Morgan fingerprint density at radius 3 is 2.08 bits per heavy atom. The molecule has 0 saturated carbocycles. The van der Waals surface area contributed by atoms with Crippen LogP contribution in [0.1, 0.15) is 45.4 Å². The first-order chi connectivity index (χ1) is 5.91. The zero-order valence-corrected chi connectivity index (χ0v) is 9.50. The van der Waals surface area contributed by atoms with Gasteiger partial charge in [-0.2, -0.15) is 0 Å². The lowest BCUT2D eigenvalue weighted by Crippen LogP contribution is -1.92. The van der Waals surface area contributed by atoms with Crippen LogP contribution in [0.5, 0.6) is 0 Å². The summed E-state index contributed by atoms with van der Waals surface area (Å²) in [6.07, 6.45) is 8.15. The standard InChI is InChI=1S/C10H21O.Al/c1-3-5-6-7-8-9-10-11-4-2;/h1,3-10H2,2H3;. The molecule has 0 aromatic rings. The van der Waals surface area contributed by atoms with Crippen molar-refractivity contribution in [1.29, 1.82) is 0 Å². The maximum Gasteiger partial charge on any atom is 0.118 e. The van der Waals surface area contributed by atoms with Gasteiger partial charge < -0.3 is 4.74 Å². The molecule has 0 N–H and O–H groups in total. The normalized spacial score (nSPS) is 10.4. The average Bonchev–Trinajstić information content (AvgIpc) is 2.10. The van der Waals surface area contributed by atoms with Crippen molar-refractivity contribution in [3.63, 3.8) is 0 Å². The van der Waals surface area contributed by atoms with Crippen LogP contribution in [0, 0.1) is 0 Å². The molecule has 0 aliphatic heterocycles. The van der Waals surface area contributed by atoms with Gasteiger partial charge in [0.25, 0.3) is 0 Å². The van der Waals surface area contributed by atoms with E-state index in [4.69, 9.17) is 4.74 Å². The van der Waals surface area contributed by atoms with Gasteiger partial charge in [0.2, 0.25) is 0 Å². The van der Waals surface area contributed by atoms with Crippen molar-refractivity contribution >= 4 is 16.3 Å². The Labute approximate surface area is 85.3 Å². The first kappa shape index (κ1) is 12.5. The number of ether oxygens (including phenoxy) is 1. The molecule has 0 aliphatic carbocycles. The first-order valence-electron chi connectivity index (χ1n) is 5.19. The molecule has 0 saturated heterocycles. The van der Waals surface area contributed by atoms with Gasteiger partial charge in [-0.1, -0.05) is 32.1 Å². The van der Waals surface area contributed by atoms with Gasteiger partial charge in [0, 0.05) is 13.2 Å². The summed E-state index contributed by atoms with van der Waals surface area (Å²) < 4.78 is 5.26. The summed E-state index contributed by atoms with van der Waals surface area (Å²) in [7, 11) is 0. The van der Waals surface area contributed by atoms with Gasteiger partial charge >= 0.3 is 0 Å². The third kappa shape index (κ3) is 10.5. The minimum absolute atomic E-state index is 0.868. The second kappa shape index (κ2) is 11.5. The smallest absolute Gasteiger partial charge is 0.118 e. The largest absolute Gasteiger partial charge is 0.382 e. The quantitative estimate of drug-likeness (QED) is 0.395. The Kier molecular flexibility index (Phi) is 12.0. The lowest BCUT2D eigenvalue weighted by atomic mass is 10.1. The summed E-state index contributed by atoms with van der Waals surface area (Å²) in [5.74, 6) is 0. The van der Waals surface area contributed by atoms with Crippen LogP contribution in [0.3, 0.4) is 0 Å². The maximum absolute atomic E-state index is 5.26. The molecular formula is C10H21AlO. The summed E-state index contributed by atoms with van der Waals surface area (Å²) in [4.78, 5) is 0. The lowest BCUT2D eigenvalue weighted by Gasteiger charge is -2.01. The van der Waals surface area contributed by atoms with E-state index in [0.29, 0.717) is 0 Å². The van der Waals surface area contributed by atoms with Crippen molar-refractivity contribution in [3.8, 4) is 0 Å². The predicted octanol–water partition coefficient (Wildman–Crippen LogP) is 2.95. The molecule has 0 aromatic heterocycles. The third-order valence-corrected chi connectivity index (χ3v) is 2.36. The van der Waals surface area contributed by atoms with E-state index < -0.39 is 0 Å². The predicted molar refractivity (Wildman–Crippen MR) is 54.8 cm³/mol. The highest BCUT2D eigenvalue weighted by Crippen LogP contribution is 2.06. The molecule has 2 heteroatoms. The number of hydrogen-bond acceptors (Lipinski definition) is 1. The molecule has 0 aliphatic rings. The molecule has 0 bridgehead atoms. The molecule has 0 aromatic carbocycles. The van der Waals surface area contributed by atoms with Crippen molar-refractivity contribution in [2.75, 3.05) is 13.2 Å². The maximum atomic E-state index is 5.26. The summed E-state index contributed by atoms with van der Waals surface area (Å²) in [6.45, 7) is 3.88. The molecule has 70 valence electrons. The van der Waals surface area contributed by atoms with Crippen LogP contribution in [-0.4, -0.2) is 29.5 Å². The van der Waals surface area contributed by atoms with E-state index in [2.05, 4.69) is 23.2 Å². The van der Waals surface area contributed by atoms with Crippen molar-refractivity contribution in [3.05, 3.63) is 0 Å². The van der Waals surface area contributed by atoms with Crippen molar-refractivity contribution < 1.29 is 4.74 Å². The molecule has 1 nitrogen and oxygen atoms in total. The Hall–Kier alpha value is 0.492. The van der Waals surface area contributed by atoms with Crippen LogP contribution < -0.4 is 0 Å². The van der Waals surface area contributed by atoms with E-state index in [0.717, 1.165) is 13.2 Å². The first-order valence-corrected chi connectivity index (χ1v) is 6.01. The summed E-state index contributed by atoms with van der Waals surface area (Å²) >= 11 is 2.78. The summed E-state index contributed by atoms with van der Waals surface area (Å²) in [6, 6.07) is 0. The molecule has 0 fully saturated rings. The summed E-state index contributed by atoms with van der Waals surface area (Å²) in [5, 5.41) is 1.26. The van der Waals surface area contributed by atoms with E-state index in [1.54, 1.807) is 0 Å². The van der Waals surface area contributed by atoms with Crippen LogP contribution in [0.25, 0.3) is 0 Å². The summed E-state index contributed by atoms with van der Waals surface area (Å²) in [5.41, 5.74) is 0. The molecule has 0 amide bonds. The Morgan fingerprint density at radius 2 is 1.50 bits per heavy atom. The second-order valence-electron chi connectivity index (χ2n) is 3.11. The molecule has 0 unspecified atom stereocenters. The van der Waals surface area contributed by atoms with Crippen LogP contribution in [-0.2, 0) is 4.74 Å². The molecular weight excluding hydrogens is 163 g/mol. The lowest BCUT2D eigenvalue weighted by molar-refractivity contribution is 0.143. The average molecular weight is 184 g/mol. The minimum Gasteiger partial charge on any atom is -0.382 e. The van der Waals surface area contributed by atoms with Crippen LogP contribution in [0.2, 0.25) is 5.28 Å². The van der Waals surface area contributed by atoms with Crippen molar-refractivity contribution in [2.45, 2.75) is 50.7 Å². The van der Waals surface area contributed by atoms with E-state index in [1.807, 2.05) is 0 Å². The topological polar surface area (TPSA) is 9.23 Å². The van der Waals surface area contributed by atoms with E-state index in [-0.39, 0.29) is 0 Å². The fourth-order valence-corrected chi connectivity index (χ4v) is 1.49. The molecule has 0 atom stereocenters. The van der Waals surface area contributed by atoms with E-state index >= 15 is 0 Å². The Bertz CT molecular complexity index is 66.2. The zero-order valence-electron chi connectivity index (χ0n) is 8.35. The van der Waals surface area contributed by atoms with Gasteiger partial charge in [-0.25, -0.2) is 0 Å². The number of unbranched alkanes of at least 4 members (excludes halogenated alkanes) is 5.